The van der Waals surface area contributed by atoms with Gasteiger partial charge in [-0.15, -0.1) is 11.3 Å². The molecule has 120 valence electrons. The molecule has 2 aromatic rings. The normalized spacial score (nSPS) is 10.1. The Morgan fingerprint density at radius 3 is 2.26 bits per heavy atom. The zero-order valence-corrected chi connectivity index (χ0v) is 13.4. The van der Waals surface area contributed by atoms with Gasteiger partial charge in [0.2, 0.25) is 5.91 Å². The first kappa shape index (κ1) is 16.7. The van der Waals surface area contributed by atoms with E-state index in [9.17, 15) is 14.4 Å². The van der Waals surface area contributed by atoms with Crippen molar-refractivity contribution in [3.63, 3.8) is 0 Å². The van der Waals surface area contributed by atoms with Crippen molar-refractivity contribution < 1.29 is 14.4 Å². The summed E-state index contributed by atoms with van der Waals surface area (Å²) >= 11 is 1.44. The Balaban J connectivity index is 1.88. The van der Waals surface area contributed by atoms with E-state index in [1.807, 2.05) is 13.0 Å². The summed E-state index contributed by atoms with van der Waals surface area (Å²) in [6.07, 6.45) is 0. The zero-order chi connectivity index (χ0) is 16.8. The summed E-state index contributed by atoms with van der Waals surface area (Å²) in [7, 11) is 0. The van der Waals surface area contributed by atoms with Crippen LogP contribution in [0, 0.1) is 6.92 Å². The fourth-order valence-corrected chi connectivity index (χ4v) is 2.65. The second-order valence-corrected chi connectivity index (χ2v) is 6.23. The third kappa shape index (κ3) is 4.93. The summed E-state index contributed by atoms with van der Waals surface area (Å²) in [6.45, 7) is 2.12. The van der Waals surface area contributed by atoms with E-state index in [0.29, 0.717) is 17.0 Å². The maximum absolute atomic E-state index is 11.9. The predicted octanol–water partition coefficient (Wildman–Crippen LogP) is 1.20. The van der Waals surface area contributed by atoms with Gasteiger partial charge in [0.15, 0.2) is 0 Å². The van der Waals surface area contributed by atoms with Crippen LogP contribution in [-0.2, 0) is 11.3 Å². The molecule has 0 saturated heterocycles. The number of rotatable bonds is 6. The monoisotopic (exact) mass is 331 g/mol. The number of nitrogens with two attached hydrogens (primary N) is 1. The van der Waals surface area contributed by atoms with Crippen molar-refractivity contribution in [2.45, 2.75) is 13.5 Å². The summed E-state index contributed by atoms with van der Waals surface area (Å²) in [4.78, 5) is 36.1. The summed E-state index contributed by atoms with van der Waals surface area (Å²) < 4.78 is 0. The fourth-order valence-electron chi connectivity index (χ4n) is 1.87. The molecule has 0 radical (unpaired) electrons. The number of carbonyl (C=O) groups is 3. The second kappa shape index (κ2) is 7.55. The minimum absolute atomic E-state index is 0.119. The number of nitrogens with one attached hydrogen (secondary N) is 2. The van der Waals surface area contributed by atoms with Gasteiger partial charge < -0.3 is 16.4 Å². The lowest BCUT2D eigenvalue weighted by Crippen LogP contribution is -2.33. The molecule has 1 aromatic heterocycles. The molecule has 1 aromatic carbocycles. The molecule has 0 bridgehead atoms. The molecule has 0 saturated carbocycles. The van der Waals surface area contributed by atoms with Gasteiger partial charge >= 0.3 is 0 Å². The van der Waals surface area contributed by atoms with E-state index < -0.39 is 5.91 Å². The predicted molar refractivity (Wildman–Crippen MR) is 88.2 cm³/mol. The highest BCUT2D eigenvalue weighted by Gasteiger charge is 2.09. The van der Waals surface area contributed by atoms with Crippen LogP contribution in [0.3, 0.4) is 0 Å². The number of hydrogen-bond acceptors (Lipinski definition) is 4. The number of thiophene rings is 1. The third-order valence-electron chi connectivity index (χ3n) is 3.06. The third-order valence-corrected chi connectivity index (χ3v) is 4.06. The first-order chi connectivity index (χ1) is 11.0. The van der Waals surface area contributed by atoms with Gasteiger partial charge in [0.25, 0.3) is 11.8 Å². The van der Waals surface area contributed by atoms with Gasteiger partial charge in [-0.25, -0.2) is 0 Å². The Bertz CT molecular complexity index is 722. The number of carbonyl (C=O) groups excluding carboxylic acids is 3. The Hall–Kier alpha value is -2.67. The lowest BCUT2D eigenvalue weighted by Gasteiger charge is -2.06. The molecule has 2 rings (SSSR count). The van der Waals surface area contributed by atoms with Gasteiger partial charge in [0.1, 0.15) is 0 Å². The van der Waals surface area contributed by atoms with Crippen molar-refractivity contribution in [1.82, 2.24) is 10.6 Å². The van der Waals surface area contributed by atoms with Crippen LogP contribution in [0.15, 0.2) is 36.4 Å². The molecule has 4 N–H and O–H groups in total. The second-order valence-electron chi connectivity index (χ2n) is 4.94. The first-order valence-corrected chi connectivity index (χ1v) is 7.77. The molecular formula is C16H17N3O3S. The molecule has 0 fully saturated rings. The van der Waals surface area contributed by atoms with E-state index in [1.165, 1.54) is 11.3 Å². The number of benzene rings is 1. The summed E-state index contributed by atoms with van der Waals surface area (Å²) in [5.74, 6) is -1.08. The molecule has 0 aliphatic carbocycles. The van der Waals surface area contributed by atoms with E-state index in [4.69, 9.17) is 5.73 Å². The van der Waals surface area contributed by atoms with Crippen LogP contribution >= 0.6 is 11.3 Å². The maximum Gasteiger partial charge on any atom is 0.261 e. The van der Waals surface area contributed by atoms with Gasteiger partial charge in [-0.05, 0) is 36.8 Å². The smallest absolute Gasteiger partial charge is 0.261 e. The first-order valence-electron chi connectivity index (χ1n) is 6.96. The largest absolute Gasteiger partial charge is 0.368 e. The van der Waals surface area contributed by atoms with Crippen LogP contribution < -0.4 is 16.4 Å². The fraction of sp³-hybridized carbons (Fsp3) is 0.188. The van der Waals surface area contributed by atoms with E-state index in [-0.39, 0.29) is 18.4 Å². The topological polar surface area (TPSA) is 101 Å². The van der Waals surface area contributed by atoms with Crippen LogP contribution in [0.1, 0.15) is 30.5 Å². The van der Waals surface area contributed by atoms with Crippen LogP contribution in [-0.4, -0.2) is 24.3 Å². The number of amides is 3. The van der Waals surface area contributed by atoms with Crippen molar-refractivity contribution in [3.05, 3.63) is 57.3 Å². The van der Waals surface area contributed by atoms with Gasteiger partial charge in [0, 0.05) is 17.0 Å². The number of aryl methyl sites for hydroxylation is 1. The van der Waals surface area contributed by atoms with Gasteiger partial charge in [-0.1, -0.05) is 12.1 Å². The van der Waals surface area contributed by atoms with E-state index in [0.717, 1.165) is 10.4 Å². The minimum Gasteiger partial charge on any atom is -0.368 e. The molecule has 0 aliphatic heterocycles. The van der Waals surface area contributed by atoms with E-state index in [1.54, 1.807) is 30.3 Å². The standard InChI is InChI=1S/C16H17N3O3S/c1-10-2-7-13(23-10)16(22)18-8-11-3-5-12(6-4-11)15(21)19-9-14(17)20/h2-7H,8-9H2,1H3,(H2,17,20)(H,18,22)(H,19,21). The Labute approximate surface area is 137 Å². The molecule has 0 atom stereocenters. The quantitative estimate of drug-likeness (QED) is 0.741. The molecule has 1 heterocycles. The highest BCUT2D eigenvalue weighted by molar-refractivity contribution is 7.13. The average Bonchev–Trinajstić information content (AvgIpc) is 2.97. The molecule has 0 spiro atoms. The number of hydrogen-bond donors (Lipinski definition) is 3. The lowest BCUT2D eigenvalue weighted by atomic mass is 10.1. The summed E-state index contributed by atoms with van der Waals surface area (Å²) in [5, 5.41) is 5.24. The van der Waals surface area contributed by atoms with E-state index in [2.05, 4.69) is 10.6 Å². The van der Waals surface area contributed by atoms with Crippen molar-refractivity contribution in [3.8, 4) is 0 Å². The van der Waals surface area contributed by atoms with Crippen LogP contribution in [0.5, 0.6) is 0 Å². The highest BCUT2D eigenvalue weighted by Crippen LogP contribution is 2.15. The summed E-state index contributed by atoms with van der Waals surface area (Å²) in [5.41, 5.74) is 6.27. The molecule has 23 heavy (non-hydrogen) atoms. The summed E-state index contributed by atoms with van der Waals surface area (Å²) in [6, 6.07) is 10.5. The Morgan fingerprint density at radius 1 is 1.00 bits per heavy atom. The van der Waals surface area contributed by atoms with E-state index >= 15 is 0 Å². The zero-order valence-electron chi connectivity index (χ0n) is 12.6. The van der Waals surface area contributed by atoms with Crippen molar-refractivity contribution in [2.75, 3.05) is 6.54 Å². The molecule has 6 nitrogen and oxygen atoms in total. The molecule has 0 aliphatic rings. The molecular weight excluding hydrogens is 314 g/mol. The number of primary amides is 1. The Morgan fingerprint density at radius 2 is 1.70 bits per heavy atom. The van der Waals surface area contributed by atoms with Crippen molar-refractivity contribution >= 4 is 29.1 Å². The lowest BCUT2D eigenvalue weighted by molar-refractivity contribution is -0.117. The highest BCUT2D eigenvalue weighted by atomic mass is 32.1. The van der Waals surface area contributed by atoms with Gasteiger partial charge in [-0.2, -0.15) is 0 Å². The van der Waals surface area contributed by atoms with Gasteiger partial charge in [-0.3, -0.25) is 14.4 Å². The Kier molecular flexibility index (Phi) is 5.48. The van der Waals surface area contributed by atoms with Crippen molar-refractivity contribution in [2.24, 2.45) is 5.73 Å². The SMILES string of the molecule is Cc1ccc(C(=O)NCc2ccc(C(=O)NCC(N)=O)cc2)s1. The molecule has 7 heteroatoms. The molecule has 3 amide bonds. The van der Waals surface area contributed by atoms with Crippen molar-refractivity contribution in [1.29, 1.82) is 0 Å². The average molecular weight is 331 g/mol. The maximum atomic E-state index is 11.9. The molecule has 0 unspecified atom stereocenters. The van der Waals surface area contributed by atoms with Crippen LogP contribution in [0.25, 0.3) is 0 Å². The van der Waals surface area contributed by atoms with Gasteiger partial charge in [0.05, 0.1) is 11.4 Å². The minimum atomic E-state index is -0.596. The van der Waals surface area contributed by atoms with Crippen LogP contribution in [0.4, 0.5) is 0 Å². The van der Waals surface area contributed by atoms with Crippen LogP contribution in [0.2, 0.25) is 0 Å².